The van der Waals surface area contributed by atoms with Crippen molar-refractivity contribution >= 4 is 28.5 Å². The van der Waals surface area contributed by atoms with Crippen LogP contribution in [0.2, 0.25) is 0 Å². The Balaban J connectivity index is 0.000000640. The van der Waals surface area contributed by atoms with Crippen molar-refractivity contribution in [2.24, 2.45) is 0 Å². The first-order chi connectivity index (χ1) is 11.1. The van der Waals surface area contributed by atoms with Crippen molar-refractivity contribution in [3.05, 3.63) is 24.3 Å². The van der Waals surface area contributed by atoms with E-state index in [1.54, 1.807) is 0 Å². The molecule has 0 fully saturated rings. The number of aromatic hydroxyl groups is 1. The first-order valence-corrected chi connectivity index (χ1v) is 11.4. The zero-order valence-corrected chi connectivity index (χ0v) is 16.9. The van der Waals surface area contributed by atoms with Crippen LogP contribution in [0.3, 0.4) is 0 Å². The molecule has 0 bridgehead atoms. The Hall–Kier alpha value is -0.540. The summed E-state index contributed by atoms with van der Waals surface area (Å²) in [5.74, 6) is 0.0708. The molecule has 1 N–H and O–H groups in total. The minimum Gasteiger partial charge on any atom is -0.780 e. The van der Waals surface area contributed by atoms with E-state index >= 15 is 0 Å². The zero-order chi connectivity index (χ0) is 18.8. The van der Waals surface area contributed by atoms with E-state index < -0.39 is 16.7 Å². The summed E-state index contributed by atoms with van der Waals surface area (Å²) in [4.78, 5) is 10.6. The fraction of sp³-hybridized carbons (Fsp3) is 0.571. The molecule has 24 heavy (non-hydrogen) atoms. The number of benzene rings is 1. The Kier molecular flexibility index (Phi) is 10.9. The van der Waals surface area contributed by atoms with Gasteiger partial charge < -0.3 is 19.0 Å². The van der Waals surface area contributed by atoms with Gasteiger partial charge in [-0.05, 0) is 37.1 Å². The van der Waals surface area contributed by atoms with Gasteiger partial charge in [0.05, 0.1) is 4.90 Å². The molecule has 0 saturated heterocycles. The van der Waals surface area contributed by atoms with E-state index in [1.165, 1.54) is 42.8 Å². The minimum absolute atomic E-state index is 0.0708. The summed E-state index contributed by atoms with van der Waals surface area (Å²) in [5, 5.41) is 9.16. The molecule has 7 nitrogen and oxygen atoms in total. The first-order valence-electron chi connectivity index (χ1n) is 7.36. The number of hydrogen-bond donors (Lipinski definition) is 1. The smallest absolute Gasteiger partial charge is 0.243 e. The third-order valence-electron chi connectivity index (χ3n) is 2.87. The van der Waals surface area contributed by atoms with E-state index in [9.17, 15) is 13.3 Å². The second-order valence-corrected chi connectivity index (χ2v) is 9.61. The van der Waals surface area contributed by atoms with Gasteiger partial charge in [-0.25, -0.2) is 8.42 Å². The van der Waals surface area contributed by atoms with Crippen LogP contribution in [-0.4, -0.2) is 45.1 Å². The molecule has 0 heterocycles. The van der Waals surface area contributed by atoms with E-state index in [0.29, 0.717) is 13.1 Å². The number of phenolic OH excluding ortho intramolecular Hbond substituents is 1. The summed E-state index contributed by atoms with van der Waals surface area (Å²) in [7, 11) is -0.925. The SMILES string of the molecule is CCCN(CCC)S(=O)(=O)c1ccc(O)cc1.COP([O-])(=S)OC. The van der Waals surface area contributed by atoms with Crippen molar-refractivity contribution in [3.63, 3.8) is 0 Å². The third kappa shape index (κ3) is 8.02. The third-order valence-corrected chi connectivity index (χ3v) is 6.57. The molecule has 10 heteroatoms. The van der Waals surface area contributed by atoms with Gasteiger partial charge in [0.2, 0.25) is 10.0 Å². The average molecular weight is 398 g/mol. The fourth-order valence-corrected chi connectivity index (χ4v) is 3.47. The normalized spacial score (nSPS) is 11.9. The Morgan fingerprint density at radius 1 is 1.12 bits per heavy atom. The summed E-state index contributed by atoms with van der Waals surface area (Å²) in [6.07, 6.45) is 1.58. The van der Waals surface area contributed by atoms with Crippen LogP contribution >= 0.6 is 6.72 Å². The standard InChI is InChI=1S/C12H19NO3S.C2H7O3PS/c1-3-9-13(10-4-2)17(15,16)12-7-5-11(14)6-8-12;1-4-6(3,7)5-2/h5-8,14H,3-4,9-10H2,1-2H3;1-2H3,(H,3,7)/p-1. The largest absolute Gasteiger partial charge is 0.780 e. The molecule has 0 atom stereocenters. The van der Waals surface area contributed by atoms with Crippen LogP contribution in [0.25, 0.3) is 0 Å². The van der Waals surface area contributed by atoms with Crippen molar-refractivity contribution in [2.45, 2.75) is 31.6 Å². The molecule has 0 unspecified atom stereocenters. The lowest BCUT2D eigenvalue weighted by molar-refractivity contribution is -0.201. The van der Waals surface area contributed by atoms with Crippen LogP contribution in [0.4, 0.5) is 0 Å². The lowest BCUT2D eigenvalue weighted by Crippen LogP contribution is -2.32. The predicted octanol–water partition coefficient (Wildman–Crippen LogP) is 2.07. The molecule has 0 aliphatic rings. The summed E-state index contributed by atoms with van der Waals surface area (Å²) in [5.41, 5.74) is 0. The maximum absolute atomic E-state index is 12.3. The number of rotatable bonds is 8. The van der Waals surface area contributed by atoms with Crippen molar-refractivity contribution in [1.82, 2.24) is 4.31 Å². The highest BCUT2D eigenvalue weighted by Gasteiger charge is 2.22. The van der Waals surface area contributed by atoms with Crippen molar-refractivity contribution < 1.29 is 27.5 Å². The molecule has 0 aliphatic carbocycles. The lowest BCUT2D eigenvalue weighted by atomic mass is 10.3. The minimum atomic E-state index is -3.42. The molecule has 140 valence electrons. The predicted molar refractivity (Wildman–Crippen MR) is 95.8 cm³/mol. The molecule has 1 rings (SSSR count). The zero-order valence-electron chi connectivity index (χ0n) is 14.3. The van der Waals surface area contributed by atoms with E-state index in [2.05, 4.69) is 20.9 Å². The van der Waals surface area contributed by atoms with Crippen LogP contribution < -0.4 is 4.89 Å². The maximum atomic E-state index is 12.3. The summed E-state index contributed by atoms with van der Waals surface area (Å²) < 4.78 is 34.5. The van der Waals surface area contributed by atoms with Gasteiger partial charge in [-0.1, -0.05) is 25.7 Å². The maximum Gasteiger partial charge on any atom is 0.243 e. The van der Waals surface area contributed by atoms with Gasteiger partial charge >= 0.3 is 0 Å². The van der Waals surface area contributed by atoms with Crippen LogP contribution in [0, 0.1) is 0 Å². The molecule has 0 saturated carbocycles. The highest BCUT2D eigenvalue weighted by Crippen LogP contribution is 2.35. The Labute approximate surface area is 149 Å². The van der Waals surface area contributed by atoms with Gasteiger partial charge in [-0.2, -0.15) is 4.31 Å². The quantitative estimate of drug-likeness (QED) is 0.669. The van der Waals surface area contributed by atoms with Crippen LogP contribution in [0.1, 0.15) is 26.7 Å². The number of sulfonamides is 1. The molecule has 0 spiro atoms. The Morgan fingerprint density at radius 2 is 1.54 bits per heavy atom. The number of phenols is 1. The molecule has 0 amide bonds. The van der Waals surface area contributed by atoms with E-state index in [0.717, 1.165) is 12.8 Å². The van der Waals surface area contributed by atoms with E-state index in [-0.39, 0.29) is 10.6 Å². The van der Waals surface area contributed by atoms with Crippen molar-refractivity contribution in [3.8, 4) is 5.75 Å². The van der Waals surface area contributed by atoms with Gasteiger partial charge in [0.25, 0.3) is 0 Å². The summed E-state index contributed by atoms with van der Waals surface area (Å²) >= 11 is 4.26. The highest BCUT2D eigenvalue weighted by atomic mass is 32.5. The number of nitrogens with zero attached hydrogens (tertiary/aromatic N) is 1. The molecule has 1 aromatic carbocycles. The summed E-state index contributed by atoms with van der Waals surface area (Å²) in [6.45, 7) is 1.89. The van der Waals surface area contributed by atoms with Gasteiger partial charge in [0.1, 0.15) is 12.5 Å². The van der Waals surface area contributed by atoms with Gasteiger partial charge in [0.15, 0.2) is 0 Å². The molecule has 0 aliphatic heterocycles. The van der Waals surface area contributed by atoms with Crippen LogP contribution in [-0.2, 0) is 30.9 Å². The van der Waals surface area contributed by atoms with Gasteiger partial charge in [-0.3, -0.25) is 0 Å². The number of hydrogen-bond acceptors (Lipinski definition) is 7. The topological polar surface area (TPSA) is 99.1 Å². The van der Waals surface area contributed by atoms with Crippen molar-refractivity contribution in [1.29, 1.82) is 0 Å². The molecule has 1 aromatic rings. The van der Waals surface area contributed by atoms with Crippen molar-refractivity contribution in [2.75, 3.05) is 27.3 Å². The molecule has 0 aromatic heterocycles. The van der Waals surface area contributed by atoms with Gasteiger partial charge in [0, 0.05) is 27.3 Å². The Morgan fingerprint density at radius 3 is 1.83 bits per heavy atom. The second-order valence-electron chi connectivity index (χ2n) is 4.71. The monoisotopic (exact) mass is 398 g/mol. The van der Waals surface area contributed by atoms with Crippen LogP contribution in [0.5, 0.6) is 5.75 Å². The van der Waals surface area contributed by atoms with E-state index in [4.69, 9.17) is 5.11 Å². The van der Waals surface area contributed by atoms with Gasteiger partial charge in [-0.15, -0.1) is 0 Å². The highest BCUT2D eigenvalue weighted by molar-refractivity contribution is 8.06. The first kappa shape index (κ1) is 23.5. The van der Waals surface area contributed by atoms with E-state index in [1.807, 2.05) is 13.8 Å². The fourth-order valence-electron chi connectivity index (χ4n) is 1.69. The summed E-state index contributed by atoms with van der Waals surface area (Å²) in [6, 6.07) is 5.65. The lowest BCUT2D eigenvalue weighted by Gasteiger charge is -2.21. The Bertz CT molecular complexity index is 607. The molecule has 0 radical (unpaired) electrons. The average Bonchev–Trinajstić information content (AvgIpc) is 2.55. The molecular weight excluding hydrogens is 373 g/mol. The van der Waals surface area contributed by atoms with Crippen LogP contribution in [0.15, 0.2) is 29.2 Å². The molecular formula is C14H25NO6PS2-. The second kappa shape index (κ2) is 11.1.